The van der Waals surface area contributed by atoms with Gasteiger partial charge in [-0.1, -0.05) is 0 Å². The number of Topliss-reactive ketones (excluding diaryl/α,β-unsaturated/α-hetero) is 2. The maximum Gasteiger partial charge on any atom is 0.174 e. The zero-order valence-corrected chi connectivity index (χ0v) is 20.7. The molecule has 0 unspecified atom stereocenters. The van der Waals surface area contributed by atoms with Gasteiger partial charge >= 0.3 is 0 Å². The fourth-order valence-corrected chi connectivity index (χ4v) is 6.01. The van der Waals surface area contributed by atoms with Crippen molar-refractivity contribution in [2.75, 3.05) is 19.8 Å². The molecule has 1 aromatic carbocycles. The second-order valence-electron chi connectivity index (χ2n) is 8.15. The SMILES string of the molecule is CCOc1cc(C2C3=C(CCCC3=O)N(CC)C3=C2C(=O)CCC3)cc(I)c1OCC. The normalized spacial score (nSPS) is 19.5. The highest BCUT2D eigenvalue weighted by Crippen LogP contribution is 2.50. The van der Waals surface area contributed by atoms with Crippen molar-refractivity contribution in [2.24, 2.45) is 0 Å². The highest BCUT2D eigenvalue weighted by molar-refractivity contribution is 14.1. The molecular formula is C25H30INO4. The summed E-state index contributed by atoms with van der Waals surface area (Å²) in [4.78, 5) is 28.7. The van der Waals surface area contributed by atoms with Crippen LogP contribution in [0.25, 0.3) is 0 Å². The number of ether oxygens (including phenoxy) is 2. The molecule has 0 N–H and O–H groups in total. The largest absolute Gasteiger partial charge is 0.490 e. The van der Waals surface area contributed by atoms with Gasteiger partial charge in [-0.25, -0.2) is 0 Å². The van der Waals surface area contributed by atoms with E-state index in [0.29, 0.717) is 31.8 Å². The molecule has 0 aromatic heterocycles. The molecule has 1 aliphatic heterocycles. The lowest BCUT2D eigenvalue weighted by Gasteiger charge is -2.43. The van der Waals surface area contributed by atoms with Crippen LogP contribution < -0.4 is 9.47 Å². The average molecular weight is 535 g/mol. The Kier molecular flexibility index (Phi) is 6.74. The number of allylic oxidation sites excluding steroid dienone is 4. The third kappa shape index (κ3) is 3.92. The fraction of sp³-hybridized carbons (Fsp3) is 0.520. The zero-order valence-electron chi connectivity index (χ0n) is 18.6. The van der Waals surface area contributed by atoms with Crippen LogP contribution >= 0.6 is 22.6 Å². The molecule has 4 rings (SSSR count). The Bertz CT molecular complexity index is 934. The first kappa shape index (κ1) is 22.4. The molecule has 0 saturated heterocycles. The van der Waals surface area contributed by atoms with E-state index in [0.717, 1.165) is 69.7 Å². The summed E-state index contributed by atoms with van der Waals surface area (Å²) < 4.78 is 12.7. The Morgan fingerprint density at radius 3 is 2.00 bits per heavy atom. The van der Waals surface area contributed by atoms with Gasteiger partial charge < -0.3 is 14.4 Å². The van der Waals surface area contributed by atoms with E-state index in [-0.39, 0.29) is 17.5 Å². The molecular weight excluding hydrogens is 505 g/mol. The van der Waals surface area contributed by atoms with Gasteiger partial charge in [0.05, 0.1) is 16.8 Å². The van der Waals surface area contributed by atoms with Gasteiger partial charge in [0, 0.05) is 47.8 Å². The van der Waals surface area contributed by atoms with Gasteiger partial charge in [0.25, 0.3) is 0 Å². The number of halogens is 1. The quantitative estimate of drug-likeness (QED) is 0.449. The molecule has 0 saturated carbocycles. The molecule has 3 aliphatic rings. The zero-order chi connectivity index (χ0) is 22.1. The van der Waals surface area contributed by atoms with Crippen LogP contribution in [0.5, 0.6) is 11.5 Å². The van der Waals surface area contributed by atoms with E-state index < -0.39 is 0 Å². The van der Waals surface area contributed by atoms with E-state index in [4.69, 9.17) is 9.47 Å². The van der Waals surface area contributed by atoms with Crippen LogP contribution in [0.2, 0.25) is 0 Å². The molecule has 0 bridgehead atoms. The van der Waals surface area contributed by atoms with Crippen LogP contribution in [0.3, 0.4) is 0 Å². The number of nitrogens with zero attached hydrogens (tertiary/aromatic N) is 1. The van der Waals surface area contributed by atoms with Crippen molar-refractivity contribution in [3.63, 3.8) is 0 Å². The second kappa shape index (κ2) is 9.35. The summed E-state index contributed by atoms with van der Waals surface area (Å²) in [5, 5.41) is 0. The first-order valence-electron chi connectivity index (χ1n) is 11.4. The Balaban J connectivity index is 1.95. The molecule has 0 atom stereocenters. The highest BCUT2D eigenvalue weighted by Gasteiger charge is 2.43. The van der Waals surface area contributed by atoms with Crippen LogP contribution in [0.15, 0.2) is 34.7 Å². The summed E-state index contributed by atoms with van der Waals surface area (Å²) in [6, 6.07) is 4.06. The summed E-state index contributed by atoms with van der Waals surface area (Å²) in [6.45, 7) is 7.87. The molecule has 0 radical (unpaired) electrons. The maximum atomic E-state index is 13.2. The molecule has 2 aliphatic carbocycles. The van der Waals surface area contributed by atoms with Gasteiger partial charge in [0.15, 0.2) is 23.1 Å². The van der Waals surface area contributed by atoms with E-state index >= 15 is 0 Å². The van der Waals surface area contributed by atoms with Gasteiger partial charge in [0.2, 0.25) is 0 Å². The Morgan fingerprint density at radius 1 is 0.903 bits per heavy atom. The summed E-state index contributed by atoms with van der Waals surface area (Å²) >= 11 is 2.27. The predicted molar refractivity (Wildman–Crippen MR) is 128 cm³/mol. The highest BCUT2D eigenvalue weighted by atomic mass is 127. The Morgan fingerprint density at radius 2 is 1.48 bits per heavy atom. The average Bonchev–Trinajstić information content (AvgIpc) is 2.75. The number of carbonyl (C=O) groups excluding carboxylic acids is 2. The van der Waals surface area contributed by atoms with Crippen LogP contribution in [0, 0.1) is 3.57 Å². The van der Waals surface area contributed by atoms with Crippen LogP contribution in [0.4, 0.5) is 0 Å². The first-order valence-corrected chi connectivity index (χ1v) is 12.5. The van der Waals surface area contributed by atoms with Gasteiger partial charge in [-0.05, 0) is 86.7 Å². The molecule has 0 fully saturated rings. The molecule has 0 spiro atoms. The molecule has 5 nitrogen and oxygen atoms in total. The van der Waals surface area contributed by atoms with Crippen molar-refractivity contribution in [1.29, 1.82) is 0 Å². The predicted octanol–water partition coefficient (Wildman–Crippen LogP) is 5.52. The van der Waals surface area contributed by atoms with E-state index in [1.165, 1.54) is 0 Å². The van der Waals surface area contributed by atoms with Gasteiger partial charge in [0.1, 0.15) is 0 Å². The minimum Gasteiger partial charge on any atom is -0.490 e. The van der Waals surface area contributed by atoms with Crippen molar-refractivity contribution in [3.05, 3.63) is 43.8 Å². The van der Waals surface area contributed by atoms with E-state index in [1.54, 1.807) is 0 Å². The molecule has 166 valence electrons. The lowest BCUT2D eigenvalue weighted by Crippen LogP contribution is -2.39. The topological polar surface area (TPSA) is 55.8 Å². The van der Waals surface area contributed by atoms with Crippen molar-refractivity contribution in [1.82, 2.24) is 4.90 Å². The monoisotopic (exact) mass is 535 g/mol. The van der Waals surface area contributed by atoms with Crippen molar-refractivity contribution in [2.45, 2.75) is 65.2 Å². The third-order valence-electron chi connectivity index (χ3n) is 6.36. The number of ketones is 2. The van der Waals surface area contributed by atoms with Crippen LogP contribution in [-0.2, 0) is 9.59 Å². The molecule has 1 aromatic rings. The number of carbonyl (C=O) groups is 2. The summed E-state index contributed by atoms with van der Waals surface area (Å²) in [7, 11) is 0. The summed E-state index contributed by atoms with van der Waals surface area (Å²) in [5.74, 6) is 1.46. The number of hydrogen-bond donors (Lipinski definition) is 0. The fourth-order valence-electron chi connectivity index (χ4n) is 5.23. The number of hydrogen-bond acceptors (Lipinski definition) is 5. The minimum atomic E-state index is -0.309. The van der Waals surface area contributed by atoms with Crippen molar-refractivity contribution >= 4 is 34.2 Å². The summed E-state index contributed by atoms with van der Waals surface area (Å²) in [6.07, 6.45) is 4.64. The second-order valence-corrected chi connectivity index (χ2v) is 9.31. The molecule has 6 heteroatoms. The smallest absolute Gasteiger partial charge is 0.174 e. The standard InChI is InChI=1S/C25H30INO4/c1-4-27-17-9-7-11-19(28)23(17)22(24-18(27)10-8-12-20(24)29)15-13-16(26)25(31-6-3)21(14-15)30-5-2/h13-14,22H,4-12H2,1-3H3. The minimum absolute atomic E-state index is 0.177. The van der Waals surface area contributed by atoms with Crippen LogP contribution in [-0.4, -0.2) is 36.2 Å². The van der Waals surface area contributed by atoms with E-state index in [1.807, 2.05) is 19.9 Å². The number of benzene rings is 1. The van der Waals surface area contributed by atoms with Crippen molar-refractivity contribution in [3.8, 4) is 11.5 Å². The Hall–Kier alpha value is -1.83. The Labute approximate surface area is 198 Å². The molecule has 31 heavy (non-hydrogen) atoms. The lowest BCUT2D eigenvalue weighted by atomic mass is 9.71. The van der Waals surface area contributed by atoms with E-state index in [2.05, 4.69) is 40.5 Å². The maximum absolute atomic E-state index is 13.2. The van der Waals surface area contributed by atoms with Crippen molar-refractivity contribution < 1.29 is 19.1 Å². The van der Waals surface area contributed by atoms with E-state index in [9.17, 15) is 9.59 Å². The van der Waals surface area contributed by atoms with Gasteiger partial charge in [-0.2, -0.15) is 0 Å². The van der Waals surface area contributed by atoms with Gasteiger partial charge in [-0.3, -0.25) is 9.59 Å². The first-order chi connectivity index (χ1) is 15.0. The number of rotatable bonds is 6. The third-order valence-corrected chi connectivity index (χ3v) is 7.16. The molecule has 1 heterocycles. The van der Waals surface area contributed by atoms with Crippen LogP contribution in [0.1, 0.15) is 70.8 Å². The lowest BCUT2D eigenvalue weighted by molar-refractivity contribution is -0.117. The molecule has 0 amide bonds. The van der Waals surface area contributed by atoms with Gasteiger partial charge in [-0.15, -0.1) is 0 Å². The summed E-state index contributed by atoms with van der Waals surface area (Å²) in [5.41, 5.74) is 4.85.